The molecule has 1 aromatic rings. The van der Waals surface area contributed by atoms with Crippen molar-refractivity contribution in [2.45, 2.75) is 6.92 Å². The molecule has 0 aromatic heterocycles. The topological polar surface area (TPSA) is 29.5 Å². The Bertz CT molecular complexity index is 254. The average Bonchev–Trinajstić information content (AvgIpc) is 2.09. The lowest BCUT2D eigenvalue weighted by atomic mass is 10.1. The number of aryl methyl sites for hydroxylation is 1. The van der Waals surface area contributed by atoms with Crippen LogP contribution in [0.2, 0.25) is 0 Å². The molecule has 0 fully saturated rings. The second-order valence-electron chi connectivity index (χ2n) is 2.45. The third-order valence-corrected chi connectivity index (χ3v) is 1.48. The minimum Gasteiger partial charge on any atom is -0.543 e. The fourth-order valence-corrected chi connectivity index (χ4v) is 0.831. The van der Waals surface area contributed by atoms with Crippen LogP contribution in [0, 0.1) is 6.92 Å². The molecular weight excluding hydrogens is 151 g/mol. The molecule has 1 rings (SSSR count). The van der Waals surface area contributed by atoms with Gasteiger partial charge in [0.2, 0.25) is 0 Å². The van der Waals surface area contributed by atoms with Crippen molar-refractivity contribution in [2.75, 3.05) is 0 Å². The quantitative estimate of drug-likeness (QED) is 0.537. The summed E-state index contributed by atoms with van der Waals surface area (Å²) in [6, 6.07) is 7.99. The van der Waals surface area contributed by atoms with Gasteiger partial charge in [0.05, 0.1) is 6.26 Å². The highest BCUT2D eigenvalue weighted by Gasteiger charge is 1.85. The zero-order valence-electron chi connectivity index (χ0n) is 6.90. The van der Waals surface area contributed by atoms with E-state index in [1.807, 2.05) is 31.2 Å². The molecule has 0 unspecified atom stereocenters. The summed E-state index contributed by atoms with van der Waals surface area (Å²) in [6.45, 7) is 2.03. The Hall–Kier alpha value is -1.22. The molecule has 0 bridgehead atoms. The molecule has 12 heavy (non-hydrogen) atoms. The third kappa shape index (κ3) is 2.80. The van der Waals surface area contributed by atoms with Crippen LogP contribution in [-0.4, -0.2) is 12.7 Å². The van der Waals surface area contributed by atoms with Crippen molar-refractivity contribution in [3.8, 4) is 0 Å². The van der Waals surface area contributed by atoms with Gasteiger partial charge in [0.25, 0.3) is 0 Å². The Labute approximate surface area is 72.8 Å². The Kier molecular flexibility index (Phi) is 3.42. The predicted molar refractivity (Wildman–Crippen MR) is 49.3 cm³/mol. The lowest BCUT2D eigenvalue weighted by Crippen LogP contribution is -1.87. The maximum atomic E-state index is 8.19. The average molecular weight is 161 g/mol. The molecule has 0 aliphatic carbocycles. The lowest BCUT2D eigenvalue weighted by Gasteiger charge is -1.94. The molecule has 0 aliphatic heterocycles. The van der Waals surface area contributed by atoms with Gasteiger partial charge in [-0.3, -0.25) is 0 Å². The van der Waals surface area contributed by atoms with Crippen LogP contribution in [0.5, 0.6) is 0 Å². The highest BCUT2D eigenvalue weighted by Crippen LogP contribution is 2.04. The molecule has 61 valence electrons. The summed E-state index contributed by atoms with van der Waals surface area (Å²) >= 11 is 0. The molecule has 0 saturated heterocycles. The Balaban J connectivity index is 2.58. The van der Waals surface area contributed by atoms with Crippen molar-refractivity contribution in [3.63, 3.8) is 0 Å². The van der Waals surface area contributed by atoms with Crippen LogP contribution in [0.25, 0.3) is 6.08 Å². The number of benzene rings is 1. The van der Waals surface area contributed by atoms with E-state index in [1.54, 1.807) is 6.08 Å². The van der Waals surface area contributed by atoms with Gasteiger partial charge < -0.3 is 9.68 Å². The van der Waals surface area contributed by atoms with E-state index in [-0.39, 0.29) is 0 Å². The van der Waals surface area contributed by atoms with E-state index in [0.717, 1.165) is 5.56 Å². The maximum absolute atomic E-state index is 8.19. The van der Waals surface area contributed by atoms with Crippen molar-refractivity contribution in [1.82, 2.24) is 0 Å². The highest BCUT2D eigenvalue weighted by molar-refractivity contribution is 6.16. The zero-order valence-corrected chi connectivity index (χ0v) is 6.90. The van der Waals surface area contributed by atoms with Gasteiger partial charge in [0.15, 0.2) is 0 Å². The first-order chi connectivity index (χ1) is 5.83. The van der Waals surface area contributed by atoms with E-state index in [1.165, 1.54) is 11.8 Å². The van der Waals surface area contributed by atoms with Crippen LogP contribution in [0.4, 0.5) is 0 Å². The van der Waals surface area contributed by atoms with E-state index in [0.29, 0.717) is 7.69 Å². The molecule has 0 aliphatic rings. The van der Waals surface area contributed by atoms with E-state index >= 15 is 0 Å². The molecule has 3 heteroatoms. The number of hydrogen-bond donors (Lipinski definition) is 1. The molecule has 0 amide bonds. The van der Waals surface area contributed by atoms with E-state index in [9.17, 15) is 0 Å². The molecule has 0 heterocycles. The summed E-state index contributed by atoms with van der Waals surface area (Å²) in [5.74, 6) is 0. The number of rotatable bonds is 3. The lowest BCUT2D eigenvalue weighted by molar-refractivity contribution is 0.408. The van der Waals surface area contributed by atoms with Crippen molar-refractivity contribution in [1.29, 1.82) is 0 Å². The second-order valence-corrected chi connectivity index (χ2v) is 2.45. The molecule has 2 nitrogen and oxygen atoms in total. The van der Waals surface area contributed by atoms with Gasteiger partial charge in [0.1, 0.15) is 0 Å². The normalized spacial score (nSPS) is 10.2. The SMILES string of the molecule is Cc1ccc(/C=C/O[B]O)cc1. The van der Waals surface area contributed by atoms with Crippen LogP contribution >= 0.6 is 0 Å². The first-order valence-corrected chi connectivity index (χ1v) is 3.67. The molecular formula is C9H10BO2. The van der Waals surface area contributed by atoms with Crippen molar-refractivity contribution in [2.24, 2.45) is 0 Å². The van der Waals surface area contributed by atoms with Gasteiger partial charge in [-0.15, -0.1) is 0 Å². The fourth-order valence-electron chi connectivity index (χ4n) is 0.831. The smallest absolute Gasteiger partial charge is 0.543 e. The van der Waals surface area contributed by atoms with Crippen LogP contribution in [0.3, 0.4) is 0 Å². The summed E-state index contributed by atoms with van der Waals surface area (Å²) < 4.78 is 4.52. The predicted octanol–water partition coefficient (Wildman–Crippen LogP) is 1.51. The monoisotopic (exact) mass is 161 g/mol. The largest absolute Gasteiger partial charge is 0.569 e. The first kappa shape index (κ1) is 8.88. The molecule has 1 aromatic carbocycles. The van der Waals surface area contributed by atoms with Crippen molar-refractivity contribution >= 4 is 13.8 Å². The summed E-state index contributed by atoms with van der Waals surface area (Å²) in [6.07, 6.45) is 3.19. The Morgan fingerprint density at radius 2 is 2.00 bits per heavy atom. The minimum absolute atomic E-state index is 0.644. The van der Waals surface area contributed by atoms with E-state index in [2.05, 4.69) is 4.65 Å². The van der Waals surface area contributed by atoms with Crippen molar-refractivity contribution in [3.05, 3.63) is 41.7 Å². The number of hydrogen-bond acceptors (Lipinski definition) is 2. The zero-order chi connectivity index (χ0) is 8.81. The second kappa shape index (κ2) is 4.62. The van der Waals surface area contributed by atoms with Crippen LogP contribution in [0.15, 0.2) is 30.5 Å². The summed E-state index contributed by atoms with van der Waals surface area (Å²) in [5.41, 5.74) is 2.27. The fraction of sp³-hybridized carbons (Fsp3) is 0.111. The molecule has 1 radical (unpaired) electrons. The first-order valence-electron chi connectivity index (χ1n) is 3.67. The van der Waals surface area contributed by atoms with Crippen molar-refractivity contribution < 1.29 is 9.68 Å². The standard InChI is InChI=1S/C9H10BO2/c1-8-2-4-9(5-3-8)6-7-12-10-11/h2-7,11H,1H3/b7-6+. The highest BCUT2D eigenvalue weighted by atomic mass is 16.5. The van der Waals surface area contributed by atoms with E-state index in [4.69, 9.17) is 5.02 Å². The Morgan fingerprint density at radius 1 is 1.33 bits per heavy atom. The third-order valence-electron chi connectivity index (χ3n) is 1.48. The van der Waals surface area contributed by atoms with Gasteiger partial charge >= 0.3 is 7.69 Å². The molecule has 0 spiro atoms. The van der Waals surface area contributed by atoms with Crippen LogP contribution < -0.4 is 0 Å². The van der Waals surface area contributed by atoms with Gasteiger partial charge in [0, 0.05) is 0 Å². The Morgan fingerprint density at radius 3 is 2.58 bits per heavy atom. The van der Waals surface area contributed by atoms with Crippen LogP contribution in [-0.2, 0) is 4.65 Å². The molecule has 0 atom stereocenters. The maximum Gasteiger partial charge on any atom is 0.569 e. The summed E-state index contributed by atoms with van der Waals surface area (Å²) in [7, 11) is 0.644. The molecule has 1 N–H and O–H groups in total. The van der Waals surface area contributed by atoms with Gasteiger partial charge in [-0.1, -0.05) is 29.8 Å². The minimum atomic E-state index is 0.644. The molecule has 0 saturated carbocycles. The van der Waals surface area contributed by atoms with Gasteiger partial charge in [-0.2, -0.15) is 0 Å². The van der Waals surface area contributed by atoms with Gasteiger partial charge in [-0.05, 0) is 18.6 Å². The van der Waals surface area contributed by atoms with Crippen LogP contribution in [0.1, 0.15) is 11.1 Å². The summed E-state index contributed by atoms with van der Waals surface area (Å²) in [5, 5.41) is 8.19. The van der Waals surface area contributed by atoms with E-state index < -0.39 is 0 Å². The summed E-state index contributed by atoms with van der Waals surface area (Å²) in [4.78, 5) is 0. The van der Waals surface area contributed by atoms with Gasteiger partial charge in [-0.25, -0.2) is 0 Å².